The van der Waals surface area contributed by atoms with Gasteiger partial charge in [-0.05, 0) is 61.7 Å². The minimum absolute atomic E-state index is 0.0170. The zero-order valence-corrected chi connectivity index (χ0v) is 25.8. The quantitative estimate of drug-likeness (QED) is 0.250. The summed E-state index contributed by atoms with van der Waals surface area (Å²) in [4.78, 5) is 29.0. The Morgan fingerprint density at radius 3 is 2.26 bits per heavy atom. The molecule has 0 saturated heterocycles. The standard InChI is InChI=1S/C32H41N3O6S/c1-6-8-20-33-32(37)28(7-2)34(22-25-13-11-12-24(3)21-25)31(36)23-35(29-14-9-10-15-30(29)41-5)42(38,39)27-18-16-26(40-4)17-19-27/h9-19,21,28H,6-8,20,22-23H2,1-5H3,(H,33,37). The summed E-state index contributed by atoms with van der Waals surface area (Å²) in [6, 6.07) is 19.5. The van der Waals surface area contributed by atoms with Crippen molar-refractivity contribution in [2.75, 3.05) is 31.6 Å². The molecule has 3 aromatic rings. The maximum atomic E-state index is 14.2. The third-order valence-corrected chi connectivity index (χ3v) is 8.70. The average Bonchev–Trinajstić information content (AvgIpc) is 2.99. The molecule has 0 heterocycles. The Morgan fingerprint density at radius 2 is 1.64 bits per heavy atom. The van der Waals surface area contributed by atoms with Crippen LogP contribution in [0.1, 0.15) is 44.2 Å². The summed E-state index contributed by atoms with van der Waals surface area (Å²) in [5.41, 5.74) is 2.06. The van der Waals surface area contributed by atoms with E-state index in [1.807, 2.05) is 45.0 Å². The van der Waals surface area contributed by atoms with Crippen molar-refractivity contribution in [1.29, 1.82) is 0 Å². The number of rotatable bonds is 15. The average molecular weight is 596 g/mol. The highest BCUT2D eigenvalue weighted by atomic mass is 32.2. The molecule has 0 aliphatic carbocycles. The number of aryl methyl sites for hydroxylation is 1. The molecule has 3 rings (SSSR count). The third-order valence-electron chi connectivity index (χ3n) is 6.93. The number of ether oxygens (including phenoxy) is 2. The van der Waals surface area contributed by atoms with Crippen LogP contribution in [0, 0.1) is 6.92 Å². The van der Waals surface area contributed by atoms with E-state index >= 15 is 0 Å². The lowest BCUT2D eigenvalue weighted by Gasteiger charge is -2.33. The number of nitrogens with one attached hydrogen (secondary N) is 1. The van der Waals surface area contributed by atoms with E-state index in [0.717, 1.165) is 28.3 Å². The molecule has 226 valence electrons. The molecule has 0 bridgehead atoms. The van der Waals surface area contributed by atoms with Crippen LogP contribution in [-0.4, -0.2) is 58.5 Å². The van der Waals surface area contributed by atoms with E-state index in [1.54, 1.807) is 36.4 Å². The fourth-order valence-electron chi connectivity index (χ4n) is 4.66. The van der Waals surface area contributed by atoms with Gasteiger partial charge in [-0.25, -0.2) is 8.42 Å². The molecular formula is C32H41N3O6S. The molecular weight excluding hydrogens is 554 g/mol. The summed E-state index contributed by atoms with van der Waals surface area (Å²) >= 11 is 0. The first-order valence-corrected chi connectivity index (χ1v) is 15.5. The normalized spacial score (nSPS) is 11.8. The number of anilines is 1. The van der Waals surface area contributed by atoms with Gasteiger partial charge in [-0.15, -0.1) is 0 Å². The largest absolute Gasteiger partial charge is 0.497 e. The second-order valence-corrected chi connectivity index (χ2v) is 11.8. The minimum Gasteiger partial charge on any atom is -0.497 e. The Labute approximate surface area is 249 Å². The number of carbonyl (C=O) groups excluding carboxylic acids is 2. The van der Waals surface area contributed by atoms with Crippen LogP contribution < -0.4 is 19.1 Å². The van der Waals surface area contributed by atoms with Crippen molar-refractivity contribution in [2.45, 2.75) is 57.5 Å². The van der Waals surface area contributed by atoms with Crippen LogP contribution in [0.3, 0.4) is 0 Å². The fourth-order valence-corrected chi connectivity index (χ4v) is 6.08. The van der Waals surface area contributed by atoms with Crippen molar-refractivity contribution >= 4 is 27.5 Å². The predicted molar refractivity (Wildman–Crippen MR) is 164 cm³/mol. The van der Waals surface area contributed by atoms with E-state index in [2.05, 4.69) is 5.32 Å². The summed E-state index contributed by atoms with van der Waals surface area (Å²) < 4.78 is 39.9. The third kappa shape index (κ3) is 8.03. The van der Waals surface area contributed by atoms with Crippen LogP contribution in [0.15, 0.2) is 77.7 Å². The van der Waals surface area contributed by atoms with Gasteiger partial charge in [-0.3, -0.25) is 13.9 Å². The van der Waals surface area contributed by atoms with Crippen LogP contribution in [0.2, 0.25) is 0 Å². The van der Waals surface area contributed by atoms with Crippen molar-refractivity contribution in [3.8, 4) is 11.5 Å². The first-order chi connectivity index (χ1) is 20.2. The summed E-state index contributed by atoms with van der Waals surface area (Å²) in [6.45, 7) is 5.92. The molecule has 0 saturated carbocycles. The highest BCUT2D eigenvalue weighted by Crippen LogP contribution is 2.33. The molecule has 0 fully saturated rings. The van der Waals surface area contributed by atoms with Gasteiger partial charge in [0.05, 0.1) is 24.8 Å². The first kappa shape index (κ1) is 32.5. The van der Waals surface area contributed by atoms with Crippen molar-refractivity contribution in [3.63, 3.8) is 0 Å². The van der Waals surface area contributed by atoms with Gasteiger partial charge >= 0.3 is 0 Å². The number of carbonyl (C=O) groups is 2. The number of hydrogen-bond donors (Lipinski definition) is 1. The lowest BCUT2D eigenvalue weighted by atomic mass is 10.1. The van der Waals surface area contributed by atoms with Crippen molar-refractivity contribution in [2.24, 2.45) is 0 Å². The smallest absolute Gasteiger partial charge is 0.264 e. The van der Waals surface area contributed by atoms with E-state index in [4.69, 9.17) is 9.47 Å². The Bertz CT molecular complexity index is 1440. The number of methoxy groups -OCH3 is 2. The minimum atomic E-state index is -4.24. The van der Waals surface area contributed by atoms with E-state index in [9.17, 15) is 18.0 Å². The summed E-state index contributed by atoms with van der Waals surface area (Å²) in [5, 5.41) is 2.94. The Kier molecular flexibility index (Phi) is 11.8. The molecule has 0 aliphatic rings. The van der Waals surface area contributed by atoms with Gasteiger partial charge in [0, 0.05) is 13.1 Å². The Balaban J connectivity index is 2.08. The molecule has 0 spiro atoms. The molecule has 0 aromatic heterocycles. The van der Waals surface area contributed by atoms with E-state index in [1.165, 1.54) is 31.3 Å². The summed E-state index contributed by atoms with van der Waals surface area (Å²) in [5.74, 6) is 0.000776. The van der Waals surface area contributed by atoms with Crippen molar-refractivity contribution < 1.29 is 27.5 Å². The molecule has 1 atom stereocenters. The maximum absolute atomic E-state index is 14.2. The molecule has 1 unspecified atom stereocenters. The van der Waals surface area contributed by atoms with Gasteiger partial charge in [-0.1, -0.05) is 62.2 Å². The summed E-state index contributed by atoms with van der Waals surface area (Å²) in [6.07, 6.45) is 2.09. The van der Waals surface area contributed by atoms with Crippen LogP contribution in [-0.2, 0) is 26.2 Å². The highest BCUT2D eigenvalue weighted by Gasteiger charge is 2.34. The van der Waals surface area contributed by atoms with Crippen LogP contribution in [0.5, 0.6) is 11.5 Å². The van der Waals surface area contributed by atoms with Gasteiger partial charge in [0.25, 0.3) is 10.0 Å². The Hall–Kier alpha value is -4.05. The van der Waals surface area contributed by atoms with Crippen LogP contribution in [0.4, 0.5) is 5.69 Å². The number of benzene rings is 3. The first-order valence-electron chi connectivity index (χ1n) is 14.1. The van der Waals surface area contributed by atoms with E-state index in [0.29, 0.717) is 18.7 Å². The van der Waals surface area contributed by atoms with Gasteiger partial charge < -0.3 is 19.7 Å². The zero-order valence-electron chi connectivity index (χ0n) is 25.0. The number of amides is 2. The van der Waals surface area contributed by atoms with Crippen LogP contribution in [0.25, 0.3) is 0 Å². The van der Waals surface area contributed by atoms with Crippen molar-refractivity contribution in [3.05, 3.63) is 83.9 Å². The maximum Gasteiger partial charge on any atom is 0.264 e. The lowest BCUT2D eigenvalue weighted by Crippen LogP contribution is -2.52. The monoisotopic (exact) mass is 595 g/mol. The van der Waals surface area contributed by atoms with Gasteiger partial charge in [0.1, 0.15) is 24.1 Å². The van der Waals surface area contributed by atoms with Gasteiger partial charge in [-0.2, -0.15) is 0 Å². The number of para-hydroxylation sites is 2. The molecule has 10 heteroatoms. The second kappa shape index (κ2) is 15.3. The molecule has 0 radical (unpaired) electrons. The van der Waals surface area contributed by atoms with Crippen molar-refractivity contribution in [1.82, 2.24) is 10.2 Å². The summed E-state index contributed by atoms with van der Waals surface area (Å²) in [7, 11) is -1.30. The number of nitrogens with zero attached hydrogens (tertiary/aromatic N) is 2. The molecule has 0 aliphatic heterocycles. The highest BCUT2D eigenvalue weighted by molar-refractivity contribution is 7.92. The number of hydrogen-bond acceptors (Lipinski definition) is 6. The lowest BCUT2D eigenvalue weighted by molar-refractivity contribution is -0.140. The van der Waals surface area contributed by atoms with E-state index < -0.39 is 28.5 Å². The predicted octanol–water partition coefficient (Wildman–Crippen LogP) is 4.93. The second-order valence-electron chi connectivity index (χ2n) is 9.94. The molecule has 1 N–H and O–H groups in total. The Morgan fingerprint density at radius 1 is 0.929 bits per heavy atom. The molecule has 2 amide bonds. The zero-order chi connectivity index (χ0) is 30.7. The number of unbranched alkanes of at least 4 members (excludes halogenated alkanes) is 1. The topological polar surface area (TPSA) is 105 Å². The molecule has 9 nitrogen and oxygen atoms in total. The van der Waals surface area contributed by atoms with Gasteiger partial charge in [0.15, 0.2) is 0 Å². The van der Waals surface area contributed by atoms with Crippen LogP contribution >= 0.6 is 0 Å². The van der Waals surface area contributed by atoms with Gasteiger partial charge in [0.2, 0.25) is 11.8 Å². The fraction of sp³-hybridized carbons (Fsp3) is 0.375. The number of sulfonamides is 1. The van der Waals surface area contributed by atoms with E-state index in [-0.39, 0.29) is 28.8 Å². The molecule has 42 heavy (non-hydrogen) atoms. The molecule has 3 aromatic carbocycles. The SMILES string of the molecule is CCCCNC(=O)C(CC)N(Cc1cccc(C)c1)C(=O)CN(c1ccccc1OC)S(=O)(=O)c1ccc(OC)cc1.